The number of nitrogens with one attached hydrogen (secondary N) is 1. The molecule has 0 bridgehead atoms. The van der Waals surface area contributed by atoms with Gasteiger partial charge in [0.1, 0.15) is 6.04 Å². The molecule has 4 N–H and O–H groups in total. The minimum absolute atomic E-state index is 0.343. The van der Waals surface area contributed by atoms with Crippen molar-refractivity contribution in [3.8, 4) is 0 Å². The van der Waals surface area contributed by atoms with Crippen molar-refractivity contribution < 1.29 is 19.4 Å². The molecule has 136 valence electrons. The number of amides is 1. The summed E-state index contributed by atoms with van der Waals surface area (Å²) in [5.74, 6) is -1.04. The van der Waals surface area contributed by atoms with Gasteiger partial charge in [-0.05, 0) is 32.2 Å². The summed E-state index contributed by atoms with van der Waals surface area (Å²) in [5, 5.41) is 11.4. The molecule has 1 atom stereocenters. The summed E-state index contributed by atoms with van der Waals surface area (Å²) in [5.41, 5.74) is 5.37. The van der Waals surface area contributed by atoms with E-state index in [0.29, 0.717) is 26.0 Å². The van der Waals surface area contributed by atoms with Gasteiger partial charge in [0.2, 0.25) is 0 Å². The SMILES string of the molecule is CCCCCCCCCCOC(=O)N[C@@H](CCCCN)C(=O)O. The second-order valence-electron chi connectivity index (χ2n) is 5.93. The summed E-state index contributed by atoms with van der Waals surface area (Å²) in [7, 11) is 0. The van der Waals surface area contributed by atoms with Crippen molar-refractivity contribution in [1.29, 1.82) is 0 Å². The Balaban J connectivity index is 3.61. The second-order valence-corrected chi connectivity index (χ2v) is 5.93. The number of carboxylic acids is 1. The molecule has 23 heavy (non-hydrogen) atoms. The van der Waals surface area contributed by atoms with Gasteiger partial charge in [0, 0.05) is 0 Å². The Bertz CT molecular complexity index is 311. The monoisotopic (exact) mass is 330 g/mol. The molecule has 0 rings (SSSR count). The van der Waals surface area contributed by atoms with E-state index < -0.39 is 18.1 Å². The average molecular weight is 330 g/mol. The predicted octanol–water partition coefficient (Wildman–Crippen LogP) is 3.44. The Labute approximate surface area is 140 Å². The standard InChI is InChI=1S/C17H34N2O4/c1-2-3-4-5-6-7-8-11-14-23-17(22)19-15(16(20)21)12-9-10-13-18/h15H,2-14,18H2,1H3,(H,19,22)(H,20,21)/t15-/m0/s1. The molecule has 0 fully saturated rings. The molecule has 0 saturated heterocycles. The second kappa shape index (κ2) is 15.6. The highest BCUT2D eigenvalue weighted by Gasteiger charge is 2.19. The van der Waals surface area contributed by atoms with Crippen molar-refractivity contribution in [3.63, 3.8) is 0 Å². The molecule has 0 aliphatic carbocycles. The first-order valence-corrected chi connectivity index (χ1v) is 8.98. The number of alkyl carbamates (subject to hydrolysis) is 1. The Morgan fingerprint density at radius 1 is 1.00 bits per heavy atom. The van der Waals surface area contributed by atoms with Crippen LogP contribution in [0.1, 0.15) is 77.6 Å². The van der Waals surface area contributed by atoms with Crippen LogP contribution in [0.5, 0.6) is 0 Å². The minimum Gasteiger partial charge on any atom is -0.480 e. The zero-order valence-electron chi connectivity index (χ0n) is 14.5. The molecule has 0 spiro atoms. The zero-order chi connectivity index (χ0) is 17.3. The largest absolute Gasteiger partial charge is 0.480 e. The maximum absolute atomic E-state index is 11.6. The fourth-order valence-corrected chi connectivity index (χ4v) is 2.33. The summed E-state index contributed by atoms with van der Waals surface area (Å²) in [6.45, 7) is 3.07. The first-order valence-electron chi connectivity index (χ1n) is 8.98. The highest BCUT2D eigenvalue weighted by atomic mass is 16.5. The minimum atomic E-state index is -1.04. The van der Waals surface area contributed by atoms with Gasteiger partial charge in [0.05, 0.1) is 6.61 Å². The van der Waals surface area contributed by atoms with Crippen LogP contribution in [-0.4, -0.2) is 36.4 Å². The zero-order valence-corrected chi connectivity index (χ0v) is 14.5. The number of nitrogens with two attached hydrogens (primary N) is 1. The van der Waals surface area contributed by atoms with E-state index in [0.717, 1.165) is 25.7 Å². The highest BCUT2D eigenvalue weighted by Crippen LogP contribution is 2.08. The summed E-state index contributed by atoms with van der Waals surface area (Å²) in [6, 6.07) is -0.896. The number of ether oxygens (including phenoxy) is 1. The number of hydrogen-bond donors (Lipinski definition) is 3. The maximum Gasteiger partial charge on any atom is 0.407 e. The number of carbonyl (C=O) groups is 2. The van der Waals surface area contributed by atoms with Crippen LogP contribution in [0, 0.1) is 0 Å². The van der Waals surface area contributed by atoms with Crippen molar-refractivity contribution in [1.82, 2.24) is 5.32 Å². The lowest BCUT2D eigenvalue weighted by Gasteiger charge is -2.14. The molecular formula is C17H34N2O4. The van der Waals surface area contributed by atoms with E-state index in [1.165, 1.54) is 32.1 Å². The Hall–Kier alpha value is -1.30. The van der Waals surface area contributed by atoms with E-state index in [1.807, 2.05) is 0 Å². The molecule has 0 aliphatic heterocycles. The average Bonchev–Trinajstić information content (AvgIpc) is 2.52. The van der Waals surface area contributed by atoms with Crippen LogP contribution in [0.2, 0.25) is 0 Å². The van der Waals surface area contributed by atoms with E-state index in [1.54, 1.807) is 0 Å². The smallest absolute Gasteiger partial charge is 0.407 e. The molecule has 6 heteroatoms. The summed E-state index contributed by atoms with van der Waals surface area (Å²) >= 11 is 0. The van der Waals surface area contributed by atoms with Crippen molar-refractivity contribution in [3.05, 3.63) is 0 Å². The lowest BCUT2D eigenvalue weighted by atomic mass is 10.1. The van der Waals surface area contributed by atoms with Gasteiger partial charge in [-0.3, -0.25) is 0 Å². The van der Waals surface area contributed by atoms with Crippen LogP contribution in [-0.2, 0) is 9.53 Å². The fraction of sp³-hybridized carbons (Fsp3) is 0.882. The van der Waals surface area contributed by atoms with Crippen LogP contribution in [0.3, 0.4) is 0 Å². The number of unbranched alkanes of at least 4 members (excludes halogenated alkanes) is 8. The first kappa shape index (κ1) is 21.7. The lowest BCUT2D eigenvalue weighted by Crippen LogP contribution is -2.41. The third-order valence-corrected chi connectivity index (χ3v) is 3.77. The normalized spacial score (nSPS) is 11.9. The van der Waals surface area contributed by atoms with Crippen LogP contribution < -0.4 is 11.1 Å². The maximum atomic E-state index is 11.6. The van der Waals surface area contributed by atoms with Crippen LogP contribution in [0.4, 0.5) is 4.79 Å². The number of aliphatic carboxylic acids is 1. The molecule has 0 saturated carbocycles. The molecule has 0 unspecified atom stereocenters. The van der Waals surface area contributed by atoms with Crippen molar-refractivity contribution in [2.45, 2.75) is 83.6 Å². The predicted molar refractivity (Wildman–Crippen MR) is 91.4 cm³/mol. The van der Waals surface area contributed by atoms with Gasteiger partial charge in [-0.1, -0.05) is 51.9 Å². The van der Waals surface area contributed by atoms with Gasteiger partial charge in [-0.25, -0.2) is 9.59 Å². The van der Waals surface area contributed by atoms with Gasteiger partial charge < -0.3 is 20.9 Å². The summed E-state index contributed by atoms with van der Waals surface area (Å²) in [4.78, 5) is 22.6. The molecule has 0 aliphatic rings. The first-order chi connectivity index (χ1) is 11.1. The highest BCUT2D eigenvalue weighted by molar-refractivity contribution is 5.79. The number of carbonyl (C=O) groups excluding carboxylic acids is 1. The third kappa shape index (κ3) is 14.0. The van der Waals surface area contributed by atoms with Gasteiger partial charge in [0.25, 0.3) is 0 Å². The van der Waals surface area contributed by atoms with E-state index in [2.05, 4.69) is 12.2 Å². The van der Waals surface area contributed by atoms with Crippen molar-refractivity contribution in [2.24, 2.45) is 5.73 Å². The fourth-order valence-electron chi connectivity index (χ4n) is 2.33. The van der Waals surface area contributed by atoms with E-state index in [4.69, 9.17) is 15.6 Å². The Kier molecular flexibility index (Phi) is 14.7. The van der Waals surface area contributed by atoms with Gasteiger partial charge in [0.15, 0.2) is 0 Å². The molecule has 0 radical (unpaired) electrons. The summed E-state index contributed by atoms with van der Waals surface area (Å²) in [6.07, 6.45) is 10.5. The molecule has 0 aromatic rings. The van der Waals surface area contributed by atoms with Crippen molar-refractivity contribution >= 4 is 12.1 Å². The summed E-state index contributed by atoms with van der Waals surface area (Å²) < 4.78 is 5.04. The number of hydrogen-bond acceptors (Lipinski definition) is 4. The molecule has 1 amide bonds. The topological polar surface area (TPSA) is 102 Å². The van der Waals surface area contributed by atoms with E-state index >= 15 is 0 Å². The third-order valence-electron chi connectivity index (χ3n) is 3.77. The Morgan fingerprint density at radius 2 is 1.61 bits per heavy atom. The van der Waals surface area contributed by atoms with Crippen LogP contribution in [0.15, 0.2) is 0 Å². The number of carboxylic acid groups (broad SMARTS) is 1. The Morgan fingerprint density at radius 3 is 2.17 bits per heavy atom. The quantitative estimate of drug-likeness (QED) is 0.399. The number of rotatable bonds is 15. The van der Waals surface area contributed by atoms with Crippen molar-refractivity contribution in [2.75, 3.05) is 13.2 Å². The molecular weight excluding hydrogens is 296 g/mol. The van der Waals surface area contributed by atoms with Gasteiger partial charge >= 0.3 is 12.1 Å². The van der Waals surface area contributed by atoms with Gasteiger partial charge in [-0.2, -0.15) is 0 Å². The van der Waals surface area contributed by atoms with Crippen LogP contribution in [0.25, 0.3) is 0 Å². The molecule has 0 aromatic carbocycles. The van der Waals surface area contributed by atoms with Gasteiger partial charge in [-0.15, -0.1) is 0 Å². The van der Waals surface area contributed by atoms with E-state index in [9.17, 15) is 9.59 Å². The van der Waals surface area contributed by atoms with E-state index in [-0.39, 0.29) is 0 Å². The van der Waals surface area contributed by atoms with Crippen LogP contribution >= 0.6 is 0 Å². The molecule has 0 heterocycles. The lowest BCUT2D eigenvalue weighted by molar-refractivity contribution is -0.139. The molecule has 6 nitrogen and oxygen atoms in total. The molecule has 0 aromatic heterocycles.